The molecule has 1 atom stereocenters. The fourth-order valence-electron chi connectivity index (χ4n) is 4.59. The monoisotopic (exact) mass is 448 g/mol. The zero-order valence-corrected chi connectivity index (χ0v) is 18.7. The number of aromatic nitrogens is 2. The number of ether oxygens (including phenoxy) is 1. The van der Waals surface area contributed by atoms with Crippen LogP contribution in [-0.2, 0) is 9.53 Å². The summed E-state index contributed by atoms with van der Waals surface area (Å²) >= 11 is 0. The van der Waals surface area contributed by atoms with Gasteiger partial charge in [-0.05, 0) is 62.8 Å². The van der Waals surface area contributed by atoms with Gasteiger partial charge in [-0.1, -0.05) is 0 Å². The van der Waals surface area contributed by atoms with Crippen LogP contribution in [0.2, 0.25) is 0 Å². The lowest BCUT2D eigenvalue weighted by Gasteiger charge is -2.50. The van der Waals surface area contributed by atoms with Crippen LogP contribution in [0.4, 0.5) is 22.0 Å². The van der Waals surface area contributed by atoms with Gasteiger partial charge in [0.1, 0.15) is 11.2 Å². The average Bonchev–Trinajstić information content (AvgIpc) is 3.74. The second kappa shape index (κ2) is 7.69. The van der Waals surface area contributed by atoms with Crippen LogP contribution in [0.15, 0.2) is 30.5 Å². The van der Waals surface area contributed by atoms with E-state index in [0.717, 1.165) is 48.4 Å². The molecule has 3 heterocycles. The Morgan fingerprint density at radius 3 is 2.73 bits per heavy atom. The highest BCUT2D eigenvalue weighted by Crippen LogP contribution is 2.43. The van der Waals surface area contributed by atoms with Gasteiger partial charge >= 0.3 is 6.03 Å². The number of fused-ring (bicyclic) bond motifs is 3. The Balaban J connectivity index is 1.30. The van der Waals surface area contributed by atoms with Crippen LogP contribution in [-0.4, -0.2) is 59.8 Å². The number of benzene rings is 1. The van der Waals surface area contributed by atoms with Crippen LogP contribution in [0.5, 0.6) is 0 Å². The van der Waals surface area contributed by atoms with Crippen LogP contribution < -0.4 is 20.4 Å². The standard InChI is InChI=1S/C24H28N6O3/c1-24-14-33-11-10-30(24)21-19(29(22(24)31)13-15-2-3-15)12-25-20(28-21)16-4-6-17(7-5-16)26-23(32)27-18-8-9-18/h4-7,12,15,18H,2-3,8-11,13-14H2,1H3,(H2,26,27,32)/t24-/m1/s1. The Bertz CT molecular complexity index is 1100. The minimum atomic E-state index is -0.755. The number of carbonyl (C=O) groups excluding carboxylic acids is 2. The van der Waals surface area contributed by atoms with Crippen molar-refractivity contribution in [1.82, 2.24) is 15.3 Å². The fourth-order valence-corrected chi connectivity index (χ4v) is 4.59. The number of nitrogens with zero attached hydrogens (tertiary/aromatic N) is 4. The van der Waals surface area contributed by atoms with Crippen LogP contribution in [0.3, 0.4) is 0 Å². The van der Waals surface area contributed by atoms with Gasteiger partial charge in [0, 0.05) is 30.4 Å². The number of carbonyl (C=O) groups is 2. The smallest absolute Gasteiger partial charge is 0.319 e. The fraction of sp³-hybridized carbons (Fsp3) is 0.500. The van der Waals surface area contributed by atoms with Crippen molar-refractivity contribution in [2.75, 3.05) is 41.4 Å². The van der Waals surface area contributed by atoms with E-state index in [9.17, 15) is 9.59 Å². The van der Waals surface area contributed by atoms with Crippen LogP contribution in [0, 0.1) is 5.92 Å². The first kappa shape index (κ1) is 20.4. The van der Waals surface area contributed by atoms with E-state index in [1.165, 1.54) is 0 Å². The molecule has 33 heavy (non-hydrogen) atoms. The maximum Gasteiger partial charge on any atom is 0.319 e. The summed E-state index contributed by atoms with van der Waals surface area (Å²) in [6.45, 7) is 4.19. The molecule has 2 saturated carbocycles. The topological polar surface area (TPSA) is 99.7 Å². The SMILES string of the molecule is C[C@]12COCCN1c1nc(-c3ccc(NC(=O)NC4CC4)cc3)ncc1N(CC1CC1)C2=O. The third-order valence-corrected chi connectivity index (χ3v) is 6.89. The first-order chi connectivity index (χ1) is 16.0. The number of hydrogen-bond donors (Lipinski definition) is 2. The van der Waals surface area contributed by atoms with Gasteiger partial charge < -0.3 is 25.2 Å². The normalized spacial score (nSPS) is 24.2. The van der Waals surface area contributed by atoms with Crippen molar-refractivity contribution >= 4 is 29.1 Å². The Kier molecular flexibility index (Phi) is 4.76. The summed E-state index contributed by atoms with van der Waals surface area (Å²) in [5, 5.41) is 5.78. The molecule has 172 valence electrons. The van der Waals surface area contributed by atoms with E-state index < -0.39 is 5.54 Å². The van der Waals surface area contributed by atoms with Crippen LogP contribution in [0.25, 0.3) is 11.4 Å². The lowest BCUT2D eigenvalue weighted by Crippen LogP contribution is -2.67. The molecule has 1 saturated heterocycles. The number of urea groups is 1. The zero-order valence-electron chi connectivity index (χ0n) is 18.7. The molecule has 0 bridgehead atoms. The second-order valence-corrected chi connectivity index (χ2v) is 9.69. The Hall–Kier alpha value is -3.20. The lowest BCUT2D eigenvalue weighted by atomic mass is 9.93. The lowest BCUT2D eigenvalue weighted by molar-refractivity contribution is -0.127. The number of morpholine rings is 1. The predicted molar refractivity (Wildman–Crippen MR) is 124 cm³/mol. The molecule has 4 aliphatic rings. The maximum atomic E-state index is 13.5. The maximum absolute atomic E-state index is 13.5. The highest BCUT2D eigenvalue weighted by molar-refractivity contribution is 6.08. The van der Waals surface area contributed by atoms with Crippen LogP contribution >= 0.6 is 0 Å². The molecule has 9 heteroatoms. The van der Waals surface area contributed by atoms with E-state index in [-0.39, 0.29) is 11.9 Å². The summed E-state index contributed by atoms with van der Waals surface area (Å²) in [5.41, 5.74) is 1.60. The van der Waals surface area contributed by atoms with Crippen molar-refractivity contribution < 1.29 is 14.3 Å². The molecule has 9 nitrogen and oxygen atoms in total. The summed E-state index contributed by atoms with van der Waals surface area (Å²) in [5.74, 6) is 2.01. The van der Waals surface area contributed by atoms with E-state index >= 15 is 0 Å². The molecule has 0 unspecified atom stereocenters. The van der Waals surface area contributed by atoms with E-state index in [1.54, 1.807) is 6.20 Å². The number of nitrogens with one attached hydrogen (secondary N) is 2. The molecule has 3 fully saturated rings. The molecule has 0 radical (unpaired) electrons. The molecule has 3 amide bonds. The largest absolute Gasteiger partial charge is 0.377 e. The average molecular weight is 449 g/mol. The van der Waals surface area contributed by atoms with E-state index in [2.05, 4.69) is 20.5 Å². The first-order valence-corrected chi connectivity index (χ1v) is 11.7. The summed E-state index contributed by atoms with van der Waals surface area (Å²) in [4.78, 5) is 38.9. The molecule has 1 aromatic carbocycles. The Morgan fingerprint density at radius 1 is 1.21 bits per heavy atom. The van der Waals surface area contributed by atoms with E-state index in [4.69, 9.17) is 9.72 Å². The second-order valence-electron chi connectivity index (χ2n) is 9.69. The van der Waals surface area contributed by atoms with Gasteiger partial charge in [0.2, 0.25) is 0 Å². The number of anilines is 3. The minimum absolute atomic E-state index is 0.0675. The van der Waals surface area contributed by atoms with E-state index in [1.807, 2.05) is 36.1 Å². The van der Waals surface area contributed by atoms with Crippen molar-refractivity contribution in [2.45, 2.75) is 44.2 Å². The Labute approximate surface area is 192 Å². The highest BCUT2D eigenvalue weighted by atomic mass is 16.5. The third-order valence-electron chi connectivity index (χ3n) is 6.89. The number of amides is 3. The summed E-state index contributed by atoms with van der Waals surface area (Å²) < 4.78 is 5.71. The molecule has 6 rings (SSSR count). The Morgan fingerprint density at radius 2 is 2.00 bits per heavy atom. The molecule has 2 aromatic rings. The van der Waals surface area contributed by atoms with Gasteiger partial charge in [0.05, 0.1) is 19.4 Å². The summed E-state index contributed by atoms with van der Waals surface area (Å²) in [6, 6.07) is 7.65. The number of rotatable bonds is 5. The van der Waals surface area contributed by atoms with Crippen molar-refractivity contribution in [3.05, 3.63) is 30.5 Å². The summed E-state index contributed by atoms with van der Waals surface area (Å²) in [6.07, 6.45) is 6.20. The summed E-state index contributed by atoms with van der Waals surface area (Å²) in [7, 11) is 0. The molecular formula is C24H28N6O3. The molecule has 1 aromatic heterocycles. The van der Waals surface area contributed by atoms with Gasteiger partial charge in [0.15, 0.2) is 11.6 Å². The van der Waals surface area contributed by atoms with Gasteiger partial charge in [-0.3, -0.25) is 4.79 Å². The van der Waals surface area contributed by atoms with Gasteiger partial charge in [-0.2, -0.15) is 0 Å². The van der Waals surface area contributed by atoms with Gasteiger partial charge in [-0.15, -0.1) is 0 Å². The molecular weight excluding hydrogens is 420 g/mol. The van der Waals surface area contributed by atoms with Gasteiger partial charge in [0.25, 0.3) is 5.91 Å². The number of hydrogen-bond acceptors (Lipinski definition) is 6. The molecule has 2 aliphatic heterocycles. The predicted octanol–water partition coefficient (Wildman–Crippen LogP) is 2.78. The highest BCUT2D eigenvalue weighted by Gasteiger charge is 2.51. The van der Waals surface area contributed by atoms with Gasteiger partial charge in [-0.25, -0.2) is 14.8 Å². The molecule has 2 aliphatic carbocycles. The van der Waals surface area contributed by atoms with Crippen molar-refractivity contribution in [3.63, 3.8) is 0 Å². The van der Waals surface area contributed by atoms with E-state index in [0.29, 0.717) is 44.1 Å². The van der Waals surface area contributed by atoms with Crippen molar-refractivity contribution in [3.8, 4) is 11.4 Å². The quantitative estimate of drug-likeness (QED) is 0.730. The van der Waals surface area contributed by atoms with Crippen molar-refractivity contribution in [1.29, 1.82) is 0 Å². The molecule has 0 spiro atoms. The third kappa shape index (κ3) is 3.80. The molecule has 2 N–H and O–H groups in total. The van der Waals surface area contributed by atoms with Crippen LogP contribution in [0.1, 0.15) is 32.6 Å². The zero-order chi connectivity index (χ0) is 22.6. The van der Waals surface area contributed by atoms with Crippen molar-refractivity contribution in [2.24, 2.45) is 5.92 Å². The minimum Gasteiger partial charge on any atom is -0.377 e. The first-order valence-electron chi connectivity index (χ1n) is 11.7.